The molecule has 0 aliphatic rings. The molecule has 3 nitrogen and oxygen atoms in total. The summed E-state index contributed by atoms with van der Waals surface area (Å²) in [7, 11) is 0. The lowest BCUT2D eigenvalue weighted by molar-refractivity contribution is -0.116. The van der Waals surface area contributed by atoms with Gasteiger partial charge in [-0.05, 0) is 25.3 Å². The Hall–Kier alpha value is -1.56. The molecular formula is C15H21F3N2O. The van der Waals surface area contributed by atoms with Crippen molar-refractivity contribution in [2.24, 2.45) is 11.7 Å². The summed E-state index contributed by atoms with van der Waals surface area (Å²) in [6.07, 6.45) is 3.58. The molecule has 1 aromatic rings. The first-order valence-corrected chi connectivity index (χ1v) is 7.12. The number of nitrogens with one attached hydrogen (secondary N) is 1. The molecule has 0 aliphatic heterocycles. The molecule has 1 unspecified atom stereocenters. The summed E-state index contributed by atoms with van der Waals surface area (Å²) in [5, 5.41) is 2.21. The van der Waals surface area contributed by atoms with Gasteiger partial charge in [-0.3, -0.25) is 4.79 Å². The Kier molecular flexibility index (Phi) is 7.22. The first kappa shape index (κ1) is 17.5. The van der Waals surface area contributed by atoms with E-state index < -0.39 is 29.0 Å². The zero-order valence-electron chi connectivity index (χ0n) is 12.1. The van der Waals surface area contributed by atoms with E-state index in [4.69, 9.17) is 5.73 Å². The zero-order chi connectivity index (χ0) is 15.8. The Labute approximate surface area is 122 Å². The van der Waals surface area contributed by atoms with Crippen molar-refractivity contribution >= 4 is 11.6 Å². The van der Waals surface area contributed by atoms with Crippen molar-refractivity contribution in [3.8, 4) is 0 Å². The van der Waals surface area contributed by atoms with Crippen LogP contribution >= 0.6 is 0 Å². The van der Waals surface area contributed by atoms with Gasteiger partial charge in [0.25, 0.3) is 0 Å². The van der Waals surface area contributed by atoms with E-state index in [0.29, 0.717) is 24.9 Å². The summed E-state index contributed by atoms with van der Waals surface area (Å²) < 4.78 is 39.4. The molecule has 0 saturated carbocycles. The monoisotopic (exact) mass is 302 g/mol. The normalized spacial score (nSPS) is 12.2. The van der Waals surface area contributed by atoms with Gasteiger partial charge in [-0.15, -0.1) is 0 Å². The van der Waals surface area contributed by atoms with Crippen molar-refractivity contribution in [3.05, 3.63) is 29.6 Å². The number of hydrogen-bond acceptors (Lipinski definition) is 2. The average molecular weight is 302 g/mol. The number of amides is 1. The summed E-state index contributed by atoms with van der Waals surface area (Å²) in [6.45, 7) is 2.60. The Morgan fingerprint density at radius 2 is 1.95 bits per heavy atom. The molecule has 0 aromatic heterocycles. The van der Waals surface area contributed by atoms with Crippen LogP contribution < -0.4 is 11.1 Å². The Bertz CT molecular complexity index is 474. The van der Waals surface area contributed by atoms with Crippen LogP contribution in [-0.2, 0) is 4.79 Å². The maximum absolute atomic E-state index is 13.4. The number of nitrogens with two attached hydrogens (primary N) is 1. The predicted molar refractivity (Wildman–Crippen MR) is 76.2 cm³/mol. The van der Waals surface area contributed by atoms with Gasteiger partial charge in [-0.25, -0.2) is 13.2 Å². The Morgan fingerprint density at radius 3 is 2.57 bits per heavy atom. The molecule has 6 heteroatoms. The van der Waals surface area contributed by atoms with Crippen LogP contribution in [0.5, 0.6) is 0 Å². The van der Waals surface area contributed by atoms with E-state index >= 15 is 0 Å². The molecule has 1 atom stereocenters. The van der Waals surface area contributed by atoms with Crippen LogP contribution in [0.25, 0.3) is 0 Å². The zero-order valence-corrected chi connectivity index (χ0v) is 12.1. The SMILES string of the molecule is CCCC(CCN)CCC(=O)Nc1cc(F)cc(F)c1F. The molecule has 0 bridgehead atoms. The Balaban J connectivity index is 2.57. The standard InChI is InChI=1S/C15H21F3N2O/c1-2-3-10(6-7-19)4-5-14(21)20-13-9-11(16)8-12(17)15(13)18/h8-10H,2-7,19H2,1H3,(H,20,21). The molecule has 0 fully saturated rings. The third kappa shape index (κ3) is 5.75. The van der Waals surface area contributed by atoms with E-state index in [1.807, 2.05) is 0 Å². The second-order valence-corrected chi connectivity index (χ2v) is 5.07. The second-order valence-electron chi connectivity index (χ2n) is 5.07. The maximum atomic E-state index is 13.4. The minimum absolute atomic E-state index is 0.169. The van der Waals surface area contributed by atoms with E-state index in [-0.39, 0.29) is 6.42 Å². The third-order valence-electron chi connectivity index (χ3n) is 3.32. The topological polar surface area (TPSA) is 55.1 Å². The van der Waals surface area contributed by atoms with Gasteiger partial charge < -0.3 is 11.1 Å². The van der Waals surface area contributed by atoms with E-state index in [0.717, 1.165) is 25.3 Å². The van der Waals surface area contributed by atoms with E-state index in [2.05, 4.69) is 12.2 Å². The van der Waals surface area contributed by atoms with E-state index in [1.54, 1.807) is 0 Å². The first-order chi connectivity index (χ1) is 9.97. The van der Waals surface area contributed by atoms with Crippen molar-refractivity contribution in [1.29, 1.82) is 0 Å². The fraction of sp³-hybridized carbons (Fsp3) is 0.533. The van der Waals surface area contributed by atoms with Crippen molar-refractivity contribution in [3.63, 3.8) is 0 Å². The summed E-state index contributed by atoms with van der Waals surface area (Å²) >= 11 is 0. The lowest BCUT2D eigenvalue weighted by Crippen LogP contribution is -2.16. The van der Waals surface area contributed by atoms with Crippen LogP contribution in [0.4, 0.5) is 18.9 Å². The molecule has 21 heavy (non-hydrogen) atoms. The van der Waals surface area contributed by atoms with Crippen molar-refractivity contribution in [2.75, 3.05) is 11.9 Å². The van der Waals surface area contributed by atoms with Gasteiger partial charge in [0, 0.05) is 18.6 Å². The number of carbonyl (C=O) groups is 1. The number of rotatable bonds is 8. The molecule has 3 N–H and O–H groups in total. The highest BCUT2D eigenvalue weighted by Gasteiger charge is 2.15. The van der Waals surface area contributed by atoms with Gasteiger partial charge in [0.1, 0.15) is 5.82 Å². The smallest absolute Gasteiger partial charge is 0.224 e. The highest BCUT2D eigenvalue weighted by Crippen LogP contribution is 2.21. The maximum Gasteiger partial charge on any atom is 0.224 e. The van der Waals surface area contributed by atoms with Crippen LogP contribution in [0.2, 0.25) is 0 Å². The molecule has 1 aromatic carbocycles. The van der Waals surface area contributed by atoms with Gasteiger partial charge in [-0.2, -0.15) is 0 Å². The number of benzene rings is 1. The molecular weight excluding hydrogens is 281 g/mol. The largest absolute Gasteiger partial charge is 0.330 e. The summed E-state index contributed by atoms with van der Waals surface area (Å²) in [5.41, 5.74) is 5.04. The quantitative estimate of drug-likeness (QED) is 0.721. The van der Waals surface area contributed by atoms with Crippen LogP contribution in [0.1, 0.15) is 39.0 Å². The average Bonchev–Trinajstić information content (AvgIpc) is 2.42. The molecule has 0 saturated heterocycles. The van der Waals surface area contributed by atoms with Crippen LogP contribution in [-0.4, -0.2) is 12.5 Å². The predicted octanol–water partition coefficient (Wildman–Crippen LogP) is 3.59. The van der Waals surface area contributed by atoms with Gasteiger partial charge in [0.2, 0.25) is 5.91 Å². The van der Waals surface area contributed by atoms with Gasteiger partial charge in [0.15, 0.2) is 11.6 Å². The van der Waals surface area contributed by atoms with Gasteiger partial charge in [-0.1, -0.05) is 19.8 Å². The van der Waals surface area contributed by atoms with Crippen molar-refractivity contribution in [1.82, 2.24) is 0 Å². The fourth-order valence-electron chi connectivity index (χ4n) is 2.27. The summed E-state index contributed by atoms with van der Waals surface area (Å²) in [5.74, 6) is -3.64. The second kappa shape index (κ2) is 8.67. The number of halogens is 3. The molecule has 118 valence electrons. The minimum atomic E-state index is -1.32. The number of carbonyl (C=O) groups excluding carboxylic acids is 1. The molecule has 1 rings (SSSR count). The third-order valence-corrected chi connectivity index (χ3v) is 3.32. The highest BCUT2D eigenvalue weighted by atomic mass is 19.2. The van der Waals surface area contributed by atoms with Gasteiger partial charge >= 0.3 is 0 Å². The highest BCUT2D eigenvalue weighted by molar-refractivity contribution is 5.90. The molecule has 0 aliphatic carbocycles. The van der Waals surface area contributed by atoms with Gasteiger partial charge in [0.05, 0.1) is 5.69 Å². The fourth-order valence-corrected chi connectivity index (χ4v) is 2.27. The van der Waals surface area contributed by atoms with Crippen LogP contribution in [0.15, 0.2) is 12.1 Å². The lowest BCUT2D eigenvalue weighted by Gasteiger charge is -2.14. The summed E-state index contributed by atoms with van der Waals surface area (Å²) in [6, 6.07) is 1.20. The molecule has 0 radical (unpaired) electrons. The first-order valence-electron chi connectivity index (χ1n) is 7.12. The lowest BCUT2D eigenvalue weighted by atomic mass is 9.94. The number of anilines is 1. The van der Waals surface area contributed by atoms with Crippen molar-refractivity contribution < 1.29 is 18.0 Å². The molecule has 1 amide bonds. The van der Waals surface area contributed by atoms with E-state index in [9.17, 15) is 18.0 Å². The van der Waals surface area contributed by atoms with E-state index in [1.165, 1.54) is 0 Å². The van der Waals surface area contributed by atoms with Crippen LogP contribution in [0, 0.1) is 23.4 Å². The molecule has 0 heterocycles. The van der Waals surface area contributed by atoms with Crippen LogP contribution in [0.3, 0.4) is 0 Å². The molecule has 0 spiro atoms. The Morgan fingerprint density at radius 1 is 1.24 bits per heavy atom. The van der Waals surface area contributed by atoms with Crippen molar-refractivity contribution in [2.45, 2.75) is 39.0 Å². The summed E-state index contributed by atoms with van der Waals surface area (Å²) in [4.78, 5) is 11.7. The number of hydrogen-bond donors (Lipinski definition) is 2. The minimum Gasteiger partial charge on any atom is -0.330 e.